The molecule has 0 N–H and O–H groups in total. The van der Waals surface area contributed by atoms with Gasteiger partial charge in [0.05, 0.1) is 22.9 Å². The number of amides is 1. The van der Waals surface area contributed by atoms with Crippen LogP contribution in [0, 0.1) is 0 Å². The van der Waals surface area contributed by atoms with Gasteiger partial charge in [-0.15, -0.1) is 22.7 Å². The number of hydrogen-bond donors (Lipinski definition) is 0. The molecule has 26 heavy (non-hydrogen) atoms. The molecule has 0 aromatic carbocycles. The molecule has 132 valence electrons. The molecule has 3 aromatic rings. The van der Waals surface area contributed by atoms with Crippen LogP contribution in [0.2, 0.25) is 0 Å². The highest BCUT2D eigenvalue weighted by Gasteiger charge is 2.34. The van der Waals surface area contributed by atoms with Crippen molar-refractivity contribution in [1.29, 1.82) is 0 Å². The van der Waals surface area contributed by atoms with Gasteiger partial charge in [0.15, 0.2) is 6.61 Å². The van der Waals surface area contributed by atoms with Crippen molar-refractivity contribution in [3.63, 3.8) is 0 Å². The summed E-state index contributed by atoms with van der Waals surface area (Å²) >= 11 is 3.16. The van der Waals surface area contributed by atoms with Crippen LogP contribution in [-0.2, 0) is 9.53 Å². The monoisotopic (exact) mass is 386 g/mol. The Morgan fingerprint density at radius 1 is 1.19 bits per heavy atom. The van der Waals surface area contributed by atoms with Gasteiger partial charge in [-0.1, -0.05) is 12.1 Å². The first kappa shape index (κ1) is 16.7. The first-order chi connectivity index (χ1) is 12.7. The van der Waals surface area contributed by atoms with Gasteiger partial charge in [0.2, 0.25) is 5.76 Å². The number of esters is 1. The molecule has 6 nitrogen and oxygen atoms in total. The average molecular weight is 386 g/mol. The van der Waals surface area contributed by atoms with E-state index in [2.05, 4.69) is 5.10 Å². The fourth-order valence-electron chi connectivity index (χ4n) is 2.69. The Hall–Kier alpha value is -2.71. The first-order valence-electron chi connectivity index (χ1n) is 7.90. The summed E-state index contributed by atoms with van der Waals surface area (Å²) in [6.45, 7) is -0.386. The van der Waals surface area contributed by atoms with Crippen LogP contribution in [0.25, 0.3) is 0 Å². The molecule has 0 saturated carbocycles. The maximum Gasteiger partial charge on any atom is 0.374 e. The van der Waals surface area contributed by atoms with Gasteiger partial charge in [0.1, 0.15) is 0 Å². The van der Waals surface area contributed by atoms with E-state index in [4.69, 9.17) is 9.15 Å². The third-order valence-electron chi connectivity index (χ3n) is 3.89. The van der Waals surface area contributed by atoms with Crippen LogP contribution in [0.4, 0.5) is 0 Å². The van der Waals surface area contributed by atoms with E-state index >= 15 is 0 Å². The van der Waals surface area contributed by atoms with Crippen molar-refractivity contribution in [2.45, 2.75) is 12.5 Å². The SMILES string of the molecule is O=C(OCC(=O)N1N=C(c2cccs2)C[C@H]1c1cccs1)c1ccco1. The number of thiophene rings is 2. The Bertz CT molecular complexity index is 915. The summed E-state index contributed by atoms with van der Waals surface area (Å²) in [6, 6.07) is 10.8. The summed E-state index contributed by atoms with van der Waals surface area (Å²) in [4.78, 5) is 26.6. The third-order valence-corrected chi connectivity index (χ3v) is 5.78. The maximum absolute atomic E-state index is 12.7. The normalized spacial score (nSPS) is 16.5. The maximum atomic E-state index is 12.7. The van der Waals surface area contributed by atoms with Gasteiger partial charge in [0, 0.05) is 11.3 Å². The van der Waals surface area contributed by atoms with Crippen LogP contribution < -0.4 is 0 Å². The molecule has 1 amide bonds. The number of carbonyl (C=O) groups is 2. The van der Waals surface area contributed by atoms with Crippen molar-refractivity contribution in [1.82, 2.24) is 5.01 Å². The molecule has 1 aliphatic rings. The van der Waals surface area contributed by atoms with E-state index in [0.29, 0.717) is 6.42 Å². The highest BCUT2D eigenvalue weighted by molar-refractivity contribution is 7.12. The van der Waals surface area contributed by atoms with Crippen LogP contribution >= 0.6 is 22.7 Å². The van der Waals surface area contributed by atoms with E-state index < -0.39 is 5.97 Å². The van der Waals surface area contributed by atoms with Gasteiger partial charge in [-0.3, -0.25) is 4.79 Å². The van der Waals surface area contributed by atoms with E-state index in [1.54, 1.807) is 28.7 Å². The Labute approximate surface area is 157 Å². The second-order valence-corrected chi connectivity index (χ2v) is 7.48. The molecule has 0 radical (unpaired) electrons. The fourth-order valence-corrected chi connectivity index (χ4v) is 4.23. The Balaban J connectivity index is 1.50. The first-order valence-corrected chi connectivity index (χ1v) is 9.66. The molecule has 1 aliphatic heterocycles. The number of hydrogen-bond acceptors (Lipinski definition) is 7. The second-order valence-electron chi connectivity index (χ2n) is 5.55. The van der Waals surface area contributed by atoms with Crippen LogP contribution in [0.5, 0.6) is 0 Å². The second kappa shape index (κ2) is 7.27. The zero-order valence-corrected chi connectivity index (χ0v) is 15.2. The Morgan fingerprint density at radius 3 is 2.73 bits per heavy atom. The standard InChI is InChI=1S/C18H14N2O4S2/c21-17(11-24-18(22)14-4-1-7-23-14)20-13(16-6-3-9-26-16)10-12(19-20)15-5-2-8-25-15/h1-9,13H,10-11H2/t13-/m0/s1. The molecule has 0 unspecified atom stereocenters. The molecule has 4 rings (SSSR count). The molecule has 3 aromatic heterocycles. The number of ether oxygens (including phenoxy) is 1. The number of rotatable bonds is 5. The van der Waals surface area contributed by atoms with E-state index in [1.165, 1.54) is 17.3 Å². The van der Waals surface area contributed by atoms with Crippen molar-refractivity contribution < 1.29 is 18.7 Å². The Kier molecular flexibility index (Phi) is 4.68. The molecule has 0 spiro atoms. The van der Waals surface area contributed by atoms with E-state index in [0.717, 1.165) is 15.5 Å². The summed E-state index contributed by atoms with van der Waals surface area (Å²) in [5.74, 6) is -0.968. The molecular formula is C18H14N2O4S2. The third kappa shape index (κ3) is 3.33. The lowest BCUT2D eigenvalue weighted by Crippen LogP contribution is -2.31. The van der Waals surface area contributed by atoms with Crippen molar-refractivity contribution >= 4 is 40.3 Å². The lowest BCUT2D eigenvalue weighted by atomic mass is 10.1. The van der Waals surface area contributed by atoms with Crippen molar-refractivity contribution in [2.24, 2.45) is 5.10 Å². The largest absolute Gasteiger partial charge is 0.457 e. The predicted octanol–water partition coefficient (Wildman–Crippen LogP) is 3.94. The minimum atomic E-state index is -0.669. The van der Waals surface area contributed by atoms with Crippen LogP contribution in [0.15, 0.2) is 62.9 Å². The van der Waals surface area contributed by atoms with Crippen LogP contribution in [-0.4, -0.2) is 29.2 Å². The van der Waals surface area contributed by atoms with Gasteiger partial charge < -0.3 is 9.15 Å². The van der Waals surface area contributed by atoms with Gasteiger partial charge >= 0.3 is 5.97 Å². The molecular weight excluding hydrogens is 372 g/mol. The summed E-state index contributed by atoms with van der Waals surface area (Å²) < 4.78 is 10.0. The van der Waals surface area contributed by atoms with Crippen LogP contribution in [0.3, 0.4) is 0 Å². The summed E-state index contributed by atoms with van der Waals surface area (Å²) in [7, 11) is 0. The molecule has 4 heterocycles. The predicted molar refractivity (Wildman–Crippen MR) is 98.4 cm³/mol. The van der Waals surface area contributed by atoms with E-state index in [-0.39, 0.29) is 24.3 Å². The van der Waals surface area contributed by atoms with Gasteiger partial charge in [0.25, 0.3) is 5.91 Å². The molecule has 0 saturated heterocycles. The van der Waals surface area contributed by atoms with Crippen molar-refractivity contribution in [3.8, 4) is 0 Å². The lowest BCUT2D eigenvalue weighted by Gasteiger charge is -2.20. The lowest BCUT2D eigenvalue weighted by molar-refractivity contribution is -0.136. The van der Waals surface area contributed by atoms with E-state index in [9.17, 15) is 9.59 Å². The van der Waals surface area contributed by atoms with Crippen molar-refractivity contribution in [3.05, 3.63) is 68.9 Å². The number of hydrazone groups is 1. The summed E-state index contributed by atoms with van der Waals surface area (Å²) in [5.41, 5.74) is 0.865. The smallest absolute Gasteiger partial charge is 0.374 e. The van der Waals surface area contributed by atoms with Crippen LogP contribution in [0.1, 0.15) is 32.8 Å². The Morgan fingerprint density at radius 2 is 2.04 bits per heavy atom. The molecule has 0 fully saturated rings. The van der Waals surface area contributed by atoms with Gasteiger partial charge in [-0.25, -0.2) is 9.80 Å². The van der Waals surface area contributed by atoms with Crippen molar-refractivity contribution in [2.75, 3.05) is 6.61 Å². The fraction of sp³-hybridized carbons (Fsp3) is 0.167. The van der Waals surface area contributed by atoms with Gasteiger partial charge in [-0.2, -0.15) is 5.10 Å². The minimum Gasteiger partial charge on any atom is -0.457 e. The summed E-state index contributed by atoms with van der Waals surface area (Å²) in [6.07, 6.45) is 2.02. The van der Waals surface area contributed by atoms with E-state index in [1.807, 2.05) is 35.0 Å². The molecule has 8 heteroatoms. The highest BCUT2D eigenvalue weighted by atomic mass is 32.1. The quantitative estimate of drug-likeness (QED) is 0.623. The zero-order chi connectivity index (χ0) is 17.9. The number of carbonyl (C=O) groups excluding carboxylic acids is 2. The highest BCUT2D eigenvalue weighted by Crippen LogP contribution is 2.35. The molecule has 1 atom stereocenters. The minimum absolute atomic E-state index is 0.0665. The van der Waals surface area contributed by atoms with Gasteiger partial charge in [-0.05, 0) is 35.0 Å². The summed E-state index contributed by atoms with van der Waals surface area (Å²) in [5, 5.41) is 9.89. The number of nitrogens with zero attached hydrogens (tertiary/aromatic N) is 2. The zero-order valence-electron chi connectivity index (χ0n) is 13.5. The number of furan rings is 1. The molecule has 0 bridgehead atoms. The average Bonchev–Trinajstić information content (AvgIpc) is 3.42. The molecule has 0 aliphatic carbocycles. The topological polar surface area (TPSA) is 72.1 Å².